The Morgan fingerprint density at radius 3 is 2.41 bits per heavy atom. The van der Waals surface area contributed by atoms with Gasteiger partial charge in [-0.3, -0.25) is 4.79 Å². The van der Waals surface area contributed by atoms with Crippen molar-refractivity contribution < 1.29 is 4.79 Å². The minimum absolute atomic E-state index is 0.00905. The maximum Gasteiger partial charge on any atom is 0.251 e. The number of hydrogen-bond donors (Lipinski definition) is 1. The lowest BCUT2D eigenvalue weighted by Crippen LogP contribution is -2.26. The van der Waals surface area contributed by atoms with Crippen molar-refractivity contribution in [1.82, 2.24) is 5.32 Å². The third-order valence-corrected chi connectivity index (χ3v) is 4.53. The molecule has 1 N–H and O–H groups in total. The molecule has 0 radical (unpaired) electrons. The lowest BCUT2D eigenvalue weighted by atomic mass is 9.89. The third kappa shape index (κ3) is 3.22. The van der Waals surface area contributed by atoms with Gasteiger partial charge in [-0.2, -0.15) is 0 Å². The van der Waals surface area contributed by atoms with Gasteiger partial charge < -0.3 is 5.32 Å². The topological polar surface area (TPSA) is 29.1 Å². The van der Waals surface area contributed by atoms with Crippen molar-refractivity contribution >= 4 is 5.91 Å². The summed E-state index contributed by atoms with van der Waals surface area (Å²) in [5.41, 5.74) is 6.02. The van der Waals surface area contributed by atoms with Crippen molar-refractivity contribution in [2.45, 2.75) is 45.6 Å². The summed E-state index contributed by atoms with van der Waals surface area (Å²) in [5, 5.41) is 3.10. The molecule has 0 spiro atoms. The van der Waals surface area contributed by atoms with E-state index in [-0.39, 0.29) is 11.9 Å². The number of carbonyl (C=O) groups excluding carboxylic acids is 1. The molecule has 1 aliphatic carbocycles. The van der Waals surface area contributed by atoms with Crippen molar-refractivity contribution in [1.29, 1.82) is 0 Å². The van der Waals surface area contributed by atoms with Crippen LogP contribution in [0.3, 0.4) is 0 Å². The minimum Gasteiger partial charge on any atom is -0.346 e. The van der Waals surface area contributed by atoms with E-state index in [9.17, 15) is 4.79 Å². The highest BCUT2D eigenvalue weighted by atomic mass is 16.1. The molecule has 2 aromatic carbocycles. The zero-order valence-electron chi connectivity index (χ0n) is 13.4. The number of amides is 1. The zero-order chi connectivity index (χ0) is 15.5. The first kappa shape index (κ1) is 14.8. The van der Waals surface area contributed by atoms with Crippen LogP contribution in [-0.4, -0.2) is 5.91 Å². The molecule has 0 saturated heterocycles. The van der Waals surface area contributed by atoms with Crippen molar-refractivity contribution in [3.8, 4) is 0 Å². The van der Waals surface area contributed by atoms with E-state index in [1.165, 1.54) is 47.9 Å². The van der Waals surface area contributed by atoms with Gasteiger partial charge in [-0.05, 0) is 68.4 Å². The second-order valence-corrected chi connectivity index (χ2v) is 6.30. The molecule has 1 amide bonds. The van der Waals surface area contributed by atoms with Crippen LogP contribution in [0.2, 0.25) is 0 Å². The van der Waals surface area contributed by atoms with E-state index in [4.69, 9.17) is 0 Å². The second-order valence-electron chi connectivity index (χ2n) is 6.30. The largest absolute Gasteiger partial charge is 0.346 e. The SMILES string of the molecule is Cc1ccc(C(=O)N[C@H](C)c2ccc3c(c2)CCCC3)cc1. The van der Waals surface area contributed by atoms with E-state index < -0.39 is 0 Å². The van der Waals surface area contributed by atoms with Crippen LogP contribution in [0.15, 0.2) is 42.5 Å². The molecule has 0 aliphatic heterocycles. The molecule has 0 unspecified atom stereocenters. The van der Waals surface area contributed by atoms with Crippen LogP contribution in [-0.2, 0) is 12.8 Å². The fourth-order valence-corrected chi connectivity index (χ4v) is 3.09. The van der Waals surface area contributed by atoms with Gasteiger partial charge in [0.25, 0.3) is 5.91 Å². The van der Waals surface area contributed by atoms with Crippen molar-refractivity contribution in [3.05, 3.63) is 70.3 Å². The predicted molar refractivity (Wildman–Crippen MR) is 90.1 cm³/mol. The number of fused-ring (bicyclic) bond motifs is 1. The first-order chi connectivity index (χ1) is 10.6. The summed E-state index contributed by atoms with van der Waals surface area (Å²) >= 11 is 0. The summed E-state index contributed by atoms with van der Waals surface area (Å²) in [7, 11) is 0. The van der Waals surface area contributed by atoms with Gasteiger partial charge in [-0.15, -0.1) is 0 Å². The molecule has 0 aromatic heterocycles. The molecular formula is C20H23NO. The summed E-state index contributed by atoms with van der Waals surface area (Å²) in [6, 6.07) is 14.4. The lowest BCUT2D eigenvalue weighted by molar-refractivity contribution is 0.0940. The maximum atomic E-state index is 12.3. The van der Waals surface area contributed by atoms with E-state index >= 15 is 0 Å². The van der Waals surface area contributed by atoms with Gasteiger partial charge in [0.2, 0.25) is 0 Å². The molecule has 114 valence electrons. The van der Waals surface area contributed by atoms with Crippen LogP contribution in [0.25, 0.3) is 0 Å². The van der Waals surface area contributed by atoms with Crippen molar-refractivity contribution in [3.63, 3.8) is 0 Å². The Kier molecular flexibility index (Phi) is 4.28. The van der Waals surface area contributed by atoms with Gasteiger partial charge >= 0.3 is 0 Å². The number of nitrogens with one attached hydrogen (secondary N) is 1. The first-order valence-corrected chi connectivity index (χ1v) is 8.13. The highest BCUT2D eigenvalue weighted by Crippen LogP contribution is 2.24. The van der Waals surface area contributed by atoms with Crippen LogP contribution >= 0.6 is 0 Å². The summed E-state index contributed by atoms with van der Waals surface area (Å²) in [6.45, 7) is 4.08. The van der Waals surface area contributed by atoms with E-state index in [2.05, 4.69) is 30.4 Å². The summed E-state index contributed by atoms with van der Waals surface area (Å²) in [4.78, 5) is 12.3. The molecule has 2 nitrogen and oxygen atoms in total. The maximum absolute atomic E-state index is 12.3. The van der Waals surface area contributed by atoms with Gasteiger partial charge in [0.15, 0.2) is 0 Å². The number of rotatable bonds is 3. The first-order valence-electron chi connectivity index (χ1n) is 8.13. The second kappa shape index (κ2) is 6.35. The summed E-state index contributed by atoms with van der Waals surface area (Å²) in [5.74, 6) is -0.00905. The fraction of sp³-hybridized carbons (Fsp3) is 0.350. The van der Waals surface area contributed by atoms with Crippen LogP contribution in [0.4, 0.5) is 0 Å². The Labute approximate surface area is 132 Å². The number of hydrogen-bond acceptors (Lipinski definition) is 1. The highest BCUT2D eigenvalue weighted by Gasteiger charge is 2.14. The number of benzene rings is 2. The van der Waals surface area contributed by atoms with E-state index in [0.29, 0.717) is 0 Å². The van der Waals surface area contributed by atoms with Gasteiger partial charge in [0.1, 0.15) is 0 Å². The Bertz CT molecular complexity index is 673. The minimum atomic E-state index is -0.00905. The van der Waals surface area contributed by atoms with Crippen molar-refractivity contribution in [2.24, 2.45) is 0 Å². The van der Waals surface area contributed by atoms with Gasteiger partial charge in [-0.1, -0.05) is 35.9 Å². The van der Waals surface area contributed by atoms with Gasteiger partial charge in [0, 0.05) is 5.56 Å². The van der Waals surface area contributed by atoms with E-state index in [1.807, 2.05) is 31.2 Å². The smallest absolute Gasteiger partial charge is 0.251 e. The zero-order valence-corrected chi connectivity index (χ0v) is 13.4. The average molecular weight is 293 g/mol. The molecular weight excluding hydrogens is 270 g/mol. The summed E-state index contributed by atoms with van der Waals surface area (Å²) < 4.78 is 0. The average Bonchev–Trinajstić information content (AvgIpc) is 2.55. The van der Waals surface area contributed by atoms with Crippen LogP contribution < -0.4 is 5.32 Å². The molecule has 0 bridgehead atoms. The molecule has 2 heteroatoms. The van der Waals surface area contributed by atoms with Gasteiger partial charge in [-0.25, -0.2) is 0 Å². The molecule has 1 aliphatic rings. The van der Waals surface area contributed by atoms with E-state index in [0.717, 1.165) is 5.56 Å². The Hall–Kier alpha value is -2.09. The van der Waals surface area contributed by atoms with Crippen LogP contribution in [0, 0.1) is 6.92 Å². The number of aryl methyl sites for hydroxylation is 3. The lowest BCUT2D eigenvalue weighted by Gasteiger charge is -2.20. The standard InChI is InChI=1S/C20H23NO/c1-14-7-9-17(10-8-14)20(22)21-15(2)18-12-11-16-5-3-4-6-19(16)13-18/h7-13,15H,3-6H2,1-2H3,(H,21,22)/t15-/m1/s1. The quantitative estimate of drug-likeness (QED) is 0.894. The monoisotopic (exact) mass is 293 g/mol. The molecule has 0 heterocycles. The molecule has 3 rings (SSSR count). The fourth-order valence-electron chi connectivity index (χ4n) is 3.09. The molecule has 22 heavy (non-hydrogen) atoms. The Balaban J connectivity index is 1.72. The normalized spacial score (nSPS) is 15.0. The van der Waals surface area contributed by atoms with Gasteiger partial charge in [0.05, 0.1) is 6.04 Å². The molecule has 0 fully saturated rings. The third-order valence-electron chi connectivity index (χ3n) is 4.53. The molecule has 2 aromatic rings. The van der Waals surface area contributed by atoms with Crippen molar-refractivity contribution in [2.75, 3.05) is 0 Å². The molecule has 0 saturated carbocycles. The predicted octanol–water partition coefficient (Wildman–Crippen LogP) is 4.36. The highest BCUT2D eigenvalue weighted by molar-refractivity contribution is 5.94. The van der Waals surface area contributed by atoms with Crippen LogP contribution in [0.5, 0.6) is 0 Å². The Morgan fingerprint density at radius 2 is 1.68 bits per heavy atom. The van der Waals surface area contributed by atoms with Crippen LogP contribution in [0.1, 0.15) is 58.4 Å². The number of carbonyl (C=O) groups is 1. The Morgan fingerprint density at radius 1 is 1.00 bits per heavy atom. The van der Waals surface area contributed by atoms with E-state index in [1.54, 1.807) is 0 Å². The molecule has 1 atom stereocenters. The summed E-state index contributed by atoms with van der Waals surface area (Å²) in [6.07, 6.45) is 4.94.